The van der Waals surface area contributed by atoms with Crippen LogP contribution in [0.3, 0.4) is 0 Å². The molecule has 1 N–H and O–H groups in total. The van der Waals surface area contributed by atoms with Crippen molar-refractivity contribution in [2.24, 2.45) is 0 Å². The van der Waals surface area contributed by atoms with Gasteiger partial charge in [-0.05, 0) is 50.7 Å². The standard InChI is InChI=1S/C13H18O/c1-10-3-4-11(2)12(9-10)5-6-13(14)7-8-13/h3-4,9,14H,5-8H2,1-2H3. The van der Waals surface area contributed by atoms with Crippen LogP contribution in [0.1, 0.15) is 36.0 Å². The van der Waals surface area contributed by atoms with Crippen molar-refractivity contribution in [3.8, 4) is 0 Å². The highest BCUT2D eigenvalue weighted by Crippen LogP contribution is 2.39. The van der Waals surface area contributed by atoms with E-state index in [9.17, 15) is 5.11 Å². The lowest BCUT2D eigenvalue weighted by Gasteiger charge is -2.10. The van der Waals surface area contributed by atoms with Crippen LogP contribution in [0.25, 0.3) is 0 Å². The molecule has 76 valence electrons. The maximum absolute atomic E-state index is 9.75. The zero-order chi connectivity index (χ0) is 10.2. The first-order valence-electron chi connectivity index (χ1n) is 5.38. The Morgan fingerprint density at radius 2 is 2.00 bits per heavy atom. The summed E-state index contributed by atoms with van der Waals surface area (Å²) in [7, 11) is 0. The van der Waals surface area contributed by atoms with Crippen molar-refractivity contribution in [1.82, 2.24) is 0 Å². The quantitative estimate of drug-likeness (QED) is 0.777. The summed E-state index contributed by atoms with van der Waals surface area (Å²) in [6.45, 7) is 4.26. The molecule has 0 amide bonds. The first-order valence-corrected chi connectivity index (χ1v) is 5.38. The zero-order valence-corrected chi connectivity index (χ0v) is 9.01. The molecule has 0 atom stereocenters. The van der Waals surface area contributed by atoms with E-state index in [2.05, 4.69) is 32.0 Å². The van der Waals surface area contributed by atoms with E-state index in [0.29, 0.717) is 0 Å². The van der Waals surface area contributed by atoms with Crippen LogP contribution in [0.2, 0.25) is 0 Å². The average Bonchev–Trinajstić information content (AvgIpc) is 2.87. The molecule has 1 aliphatic rings. The minimum absolute atomic E-state index is 0.309. The topological polar surface area (TPSA) is 20.2 Å². The number of aliphatic hydroxyl groups is 1. The molecule has 1 saturated carbocycles. The van der Waals surface area contributed by atoms with Gasteiger partial charge in [0.1, 0.15) is 0 Å². The van der Waals surface area contributed by atoms with Crippen LogP contribution < -0.4 is 0 Å². The molecular weight excluding hydrogens is 172 g/mol. The SMILES string of the molecule is Cc1ccc(C)c(CCC2(O)CC2)c1. The molecular formula is C13H18O. The molecule has 0 aromatic heterocycles. The first-order chi connectivity index (χ1) is 6.59. The molecule has 0 heterocycles. The maximum atomic E-state index is 9.75. The molecule has 0 aliphatic heterocycles. The fourth-order valence-corrected chi connectivity index (χ4v) is 1.83. The molecule has 1 heteroatoms. The van der Waals surface area contributed by atoms with Gasteiger partial charge in [0, 0.05) is 0 Å². The van der Waals surface area contributed by atoms with E-state index >= 15 is 0 Å². The monoisotopic (exact) mass is 190 g/mol. The fraction of sp³-hybridized carbons (Fsp3) is 0.538. The van der Waals surface area contributed by atoms with Gasteiger partial charge in [-0.2, -0.15) is 0 Å². The van der Waals surface area contributed by atoms with Crippen molar-refractivity contribution < 1.29 is 5.11 Å². The summed E-state index contributed by atoms with van der Waals surface area (Å²) in [6.07, 6.45) is 3.94. The molecule has 0 unspecified atom stereocenters. The number of benzene rings is 1. The van der Waals surface area contributed by atoms with Crippen LogP contribution in [-0.4, -0.2) is 10.7 Å². The third-order valence-corrected chi connectivity index (χ3v) is 3.19. The van der Waals surface area contributed by atoms with Gasteiger partial charge in [0.05, 0.1) is 5.60 Å². The summed E-state index contributed by atoms with van der Waals surface area (Å²) in [4.78, 5) is 0. The van der Waals surface area contributed by atoms with Crippen molar-refractivity contribution in [3.05, 3.63) is 34.9 Å². The van der Waals surface area contributed by atoms with Crippen LogP contribution >= 0.6 is 0 Å². The van der Waals surface area contributed by atoms with Gasteiger partial charge in [-0.3, -0.25) is 0 Å². The molecule has 1 nitrogen and oxygen atoms in total. The van der Waals surface area contributed by atoms with E-state index in [0.717, 1.165) is 25.7 Å². The summed E-state index contributed by atoms with van der Waals surface area (Å²) in [5.41, 5.74) is 3.74. The van der Waals surface area contributed by atoms with E-state index in [1.807, 2.05) is 0 Å². The van der Waals surface area contributed by atoms with Gasteiger partial charge in [-0.25, -0.2) is 0 Å². The van der Waals surface area contributed by atoms with Crippen LogP contribution in [0.5, 0.6) is 0 Å². The molecule has 1 aromatic rings. The Hall–Kier alpha value is -0.820. The number of rotatable bonds is 3. The Bertz CT molecular complexity index is 337. The van der Waals surface area contributed by atoms with Crippen LogP contribution in [-0.2, 0) is 6.42 Å². The second-order valence-electron chi connectivity index (χ2n) is 4.65. The minimum atomic E-state index is -0.309. The third kappa shape index (κ3) is 2.16. The van der Waals surface area contributed by atoms with Crippen molar-refractivity contribution in [1.29, 1.82) is 0 Å². The van der Waals surface area contributed by atoms with Crippen molar-refractivity contribution in [3.63, 3.8) is 0 Å². The van der Waals surface area contributed by atoms with Gasteiger partial charge in [-0.15, -0.1) is 0 Å². The normalized spacial score (nSPS) is 18.2. The summed E-state index contributed by atoms with van der Waals surface area (Å²) in [5, 5.41) is 9.75. The first kappa shape index (κ1) is 9.72. The predicted octanol–water partition coefficient (Wildman–Crippen LogP) is 2.76. The van der Waals surface area contributed by atoms with Crippen molar-refractivity contribution in [2.45, 2.75) is 45.1 Å². The predicted molar refractivity (Wildman–Crippen MR) is 58.4 cm³/mol. The van der Waals surface area contributed by atoms with E-state index in [1.165, 1.54) is 16.7 Å². The highest BCUT2D eigenvalue weighted by atomic mass is 16.3. The highest BCUT2D eigenvalue weighted by Gasteiger charge is 2.39. The third-order valence-electron chi connectivity index (χ3n) is 3.19. The summed E-state index contributed by atoms with van der Waals surface area (Å²) in [5.74, 6) is 0. The molecule has 1 aromatic carbocycles. The second-order valence-corrected chi connectivity index (χ2v) is 4.65. The molecule has 1 fully saturated rings. The molecule has 2 rings (SSSR count). The lowest BCUT2D eigenvalue weighted by molar-refractivity contribution is 0.140. The lowest BCUT2D eigenvalue weighted by atomic mass is 9.99. The Morgan fingerprint density at radius 3 is 2.64 bits per heavy atom. The summed E-state index contributed by atoms with van der Waals surface area (Å²) >= 11 is 0. The fourth-order valence-electron chi connectivity index (χ4n) is 1.83. The van der Waals surface area contributed by atoms with E-state index in [1.54, 1.807) is 0 Å². The summed E-state index contributed by atoms with van der Waals surface area (Å²) in [6, 6.07) is 6.55. The number of hydrogen-bond acceptors (Lipinski definition) is 1. The van der Waals surface area contributed by atoms with E-state index in [4.69, 9.17) is 0 Å². The Morgan fingerprint density at radius 1 is 1.29 bits per heavy atom. The Balaban J connectivity index is 2.04. The Kier molecular flexibility index (Phi) is 2.36. The minimum Gasteiger partial charge on any atom is -0.390 e. The highest BCUT2D eigenvalue weighted by molar-refractivity contribution is 5.30. The van der Waals surface area contributed by atoms with Crippen LogP contribution in [0, 0.1) is 13.8 Å². The number of aryl methyl sites for hydroxylation is 3. The lowest BCUT2D eigenvalue weighted by Crippen LogP contribution is -2.08. The average molecular weight is 190 g/mol. The van der Waals surface area contributed by atoms with Crippen LogP contribution in [0.15, 0.2) is 18.2 Å². The van der Waals surface area contributed by atoms with Gasteiger partial charge < -0.3 is 5.11 Å². The molecule has 0 radical (unpaired) electrons. The van der Waals surface area contributed by atoms with Crippen molar-refractivity contribution >= 4 is 0 Å². The van der Waals surface area contributed by atoms with Gasteiger partial charge in [0.25, 0.3) is 0 Å². The van der Waals surface area contributed by atoms with Gasteiger partial charge in [0.2, 0.25) is 0 Å². The van der Waals surface area contributed by atoms with E-state index in [-0.39, 0.29) is 5.60 Å². The zero-order valence-electron chi connectivity index (χ0n) is 9.01. The van der Waals surface area contributed by atoms with Gasteiger partial charge in [-0.1, -0.05) is 23.8 Å². The molecule has 14 heavy (non-hydrogen) atoms. The number of hydrogen-bond donors (Lipinski definition) is 1. The maximum Gasteiger partial charge on any atom is 0.0653 e. The molecule has 0 saturated heterocycles. The molecule has 0 spiro atoms. The molecule has 0 bridgehead atoms. The molecule has 1 aliphatic carbocycles. The van der Waals surface area contributed by atoms with Crippen LogP contribution in [0.4, 0.5) is 0 Å². The Labute approximate surface area is 85.8 Å². The van der Waals surface area contributed by atoms with E-state index < -0.39 is 0 Å². The van der Waals surface area contributed by atoms with Crippen molar-refractivity contribution in [2.75, 3.05) is 0 Å². The smallest absolute Gasteiger partial charge is 0.0653 e. The summed E-state index contributed by atoms with van der Waals surface area (Å²) < 4.78 is 0. The largest absolute Gasteiger partial charge is 0.390 e. The second kappa shape index (κ2) is 3.39. The van der Waals surface area contributed by atoms with Gasteiger partial charge in [0.15, 0.2) is 0 Å². The van der Waals surface area contributed by atoms with Gasteiger partial charge >= 0.3 is 0 Å².